The van der Waals surface area contributed by atoms with Crippen LogP contribution in [0.4, 0.5) is 0 Å². The molecule has 0 aliphatic heterocycles. The zero-order chi connectivity index (χ0) is 19.6. The molecule has 0 radical (unpaired) electrons. The quantitative estimate of drug-likeness (QED) is 0.695. The van der Waals surface area contributed by atoms with Crippen LogP contribution in [-0.4, -0.2) is 35.3 Å². The number of amides is 1. The van der Waals surface area contributed by atoms with E-state index in [1.165, 1.54) is 0 Å². The minimum absolute atomic E-state index is 0.0715. The fraction of sp³-hybridized carbons (Fsp3) is 0.500. The lowest BCUT2D eigenvalue weighted by Crippen LogP contribution is -2.32. The van der Waals surface area contributed by atoms with Crippen molar-refractivity contribution in [1.82, 2.24) is 14.5 Å². The van der Waals surface area contributed by atoms with Crippen LogP contribution in [-0.2, 0) is 26.9 Å². The Hall–Kier alpha value is -2.15. The van der Waals surface area contributed by atoms with E-state index in [0.29, 0.717) is 13.1 Å². The van der Waals surface area contributed by atoms with Crippen molar-refractivity contribution in [3.05, 3.63) is 47.8 Å². The normalized spacial score (nSPS) is 14.5. The van der Waals surface area contributed by atoms with Gasteiger partial charge in [0.15, 0.2) is 0 Å². The monoisotopic (exact) mass is 389 g/mol. The minimum Gasteiger partial charge on any atom is -0.337 e. The molecule has 146 valence electrons. The number of carbonyl (C=O) groups is 1. The molecule has 3 rings (SSSR count). The minimum atomic E-state index is -3.59. The van der Waals surface area contributed by atoms with Gasteiger partial charge < -0.3 is 9.47 Å². The molecular weight excluding hydrogens is 362 g/mol. The molecule has 1 heterocycles. The molecule has 7 heteroatoms. The fourth-order valence-corrected chi connectivity index (χ4v) is 4.87. The molecule has 0 bridgehead atoms. The predicted molar refractivity (Wildman–Crippen MR) is 104 cm³/mol. The smallest absolute Gasteiger partial charge is 0.228 e. The first-order valence-electron chi connectivity index (χ1n) is 9.45. The number of rotatable bonds is 8. The topological polar surface area (TPSA) is 72.3 Å². The Morgan fingerprint density at radius 2 is 1.93 bits per heavy atom. The summed E-state index contributed by atoms with van der Waals surface area (Å²) in [5.74, 6) is 0.208. The maximum Gasteiger partial charge on any atom is 0.228 e. The zero-order valence-electron chi connectivity index (χ0n) is 16.1. The molecule has 1 amide bonds. The van der Waals surface area contributed by atoms with Crippen molar-refractivity contribution >= 4 is 15.7 Å². The van der Waals surface area contributed by atoms with Crippen molar-refractivity contribution in [2.45, 2.75) is 57.1 Å². The van der Waals surface area contributed by atoms with E-state index in [-0.39, 0.29) is 28.8 Å². The molecule has 27 heavy (non-hydrogen) atoms. The first-order chi connectivity index (χ1) is 12.8. The second kappa shape index (κ2) is 7.84. The zero-order valence-corrected chi connectivity index (χ0v) is 16.9. The molecule has 0 unspecified atom stereocenters. The first-order valence-corrected chi connectivity index (χ1v) is 11.1. The van der Waals surface area contributed by atoms with Gasteiger partial charge >= 0.3 is 0 Å². The summed E-state index contributed by atoms with van der Waals surface area (Å²) in [6.45, 7) is 6.81. The molecule has 0 atom stereocenters. The van der Waals surface area contributed by atoms with Crippen LogP contribution in [0.15, 0.2) is 41.7 Å². The fourth-order valence-electron chi connectivity index (χ4n) is 3.26. The van der Waals surface area contributed by atoms with Crippen molar-refractivity contribution in [3.63, 3.8) is 0 Å². The van der Waals surface area contributed by atoms with Crippen molar-refractivity contribution in [2.75, 3.05) is 6.54 Å². The third-order valence-corrected chi connectivity index (χ3v) is 6.38. The molecule has 0 spiro atoms. The van der Waals surface area contributed by atoms with Crippen LogP contribution in [0, 0.1) is 5.92 Å². The van der Waals surface area contributed by atoms with Crippen molar-refractivity contribution < 1.29 is 13.2 Å². The van der Waals surface area contributed by atoms with Gasteiger partial charge in [-0.2, -0.15) is 0 Å². The summed E-state index contributed by atoms with van der Waals surface area (Å²) in [6.07, 6.45) is 3.51. The highest BCUT2D eigenvalue weighted by atomic mass is 32.2. The number of imidazole rings is 1. The molecular formula is C20H27N3O3S. The SMILES string of the molecule is CCN(Cc1cnc(S(=O)(=O)Cc2ccccc2)n1C(C)C)C(=O)C1CC1. The van der Waals surface area contributed by atoms with Gasteiger partial charge in [0.1, 0.15) is 0 Å². The molecule has 2 aromatic rings. The summed E-state index contributed by atoms with van der Waals surface area (Å²) in [6, 6.07) is 9.04. The largest absolute Gasteiger partial charge is 0.337 e. The van der Waals surface area contributed by atoms with Crippen molar-refractivity contribution in [3.8, 4) is 0 Å². The van der Waals surface area contributed by atoms with E-state index in [4.69, 9.17) is 0 Å². The van der Waals surface area contributed by atoms with E-state index >= 15 is 0 Å². The van der Waals surface area contributed by atoms with Crippen molar-refractivity contribution in [2.24, 2.45) is 5.92 Å². The number of benzene rings is 1. The first kappa shape index (κ1) is 19.6. The standard InChI is InChI=1S/C20H27N3O3S/c1-4-22(19(24)17-10-11-17)13-18-12-21-20(23(18)15(2)3)27(25,26)14-16-8-6-5-7-9-16/h5-9,12,15,17H,4,10-11,13-14H2,1-3H3. The van der Waals surface area contributed by atoms with Crippen LogP contribution < -0.4 is 0 Å². The van der Waals surface area contributed by atoms with Crippen LogP contribution in [0.2, 0.25) is 0 Å². The van der Waals surface area contributed by atoms with Crippen LogP contribution in [0.1, 0.15) is 50.9 Å². The van der Waals surface area contributed by atoms with E-state index in [2.05, 4.69) is 4.98 Å². The Morgan fingerprint density at radius 3 is 2.48 bits per heavy atom. The molecule has 0 N–H and O–H groups in total. The highest BCUT2D eigenvalue weighted by molar-refractivity contribution is 7.90. The highest BCUT2D eigenvalue weighted by Gasteiger charge is 2.34. The van der Waals surface area contributed by atoms with Crippen LogP contribution in [0.5, 0.6) is 0 Å². The Balaban J connectivity index is 1.89. The van der Waals surface area contributed by atoms with E-state index in [0.717, 1.165) is 24.1 Å². The average Bonchev–Trinajstić information content (AvgIpc) is 3.38. The van der Waals surface area contributed by atoms with Gasteiger partial charge in [0.25, 0.3) is 0 Å². The van der Waals surface area contributed by atoms with Gasteiger partial charge in [-0.3, -0.25) is 4.79 Å². The van der Waals surface area contributed by atoms with Gasteiger partial charge in [-0.05, 0) is 39.2 Å². The van der Waals surface area contributed by atoms with Gasteiger partial charge in [0, 0.05) is 18.5 Å². The molecule has 0 saturated heterocycles. The molecule has 1 saturated carbocycles. The molecule has 1 aliphatic rings. The summed E-state index contributed by atoms with van der Waals surface area (Å²) >= 11 is 0. The van der Waals surface area contributed by atoms with Gasteiger partial charge in [0.2, 0.25) is 20.9 Å². The van der Waals surface area contributed by atoms with Crippen LogP contribution >= 0.6 is 0 Å². The van der Waals surface area contributed by atoms with E-state index in [1.54, 1.807) is 27.8 Å². The summed E-state index contributed by atoms with van der Waals surface area (Å²) < 4.78 is 27.7. The molecule has 6 nitrogen and oxygen atoms in total. The third kappa shape index (κ3) is 4.40. The number of hydrogen-bond acceptors (Lipinski definition) is 4. The Morgan fingerprint density at radius 1 is 1.26 bits per heavy atom. The Bertz CT molecular complexity index is 900. The number of aromatic nitrogens is 2. The van der Waals surface area contributed by atoms with Gasteiger partial charge in [-0.1, -0.05) is 30.3 Å². The van der Waals surface area contributed by atoms with Crippen LogP contribution in [0.3, 0.4) is 0 Å². The second-order valence-electron chi connectivity index (χ2n) is 7.37. The lowest BCUT2D eigenvalue weighted by atomic mass is 10.2. The van der Waals surface area contributed by atoms with E-state index in [9.17, 15) is 13.2 Å². The van der Waals surface area contributed by atoms with E-state index < -0.39 is 9.84 Å². The average molecular weight is 390 g/mol. The summed E-state index contributed by atoms with van der Waals surface area (Å²) in [4.78, 5) is 18.5. The van der Waals surface area contributed by atoms with Gasteiger partial charge in [-0.25, -0.2) is 13.4 Å². The van der Waals surface area contributed by atoms with Crippen LogP contribution in [0.25, 0.3) is 0 Å². The maximum atomic E-state index is 13.0. The molecule has 1 aromatic heterocycles. The molecule has 1 fully saturated rings. The van der Waals surface area contributed by atoms with Gasteiger partial charge in [0.05, 0.1) is 24.2 Å². The summed E-state index contributed by atoms with van der Waals surface area (Å²) in [5.41, 5.74) is 1.49. The Labute approximate surface area is 161 Å². The third-order valence-electron chi connectivity index (χ3n) is 4.81. The number of carbonyl (C=O) groups excluding carboxylic acids is 1. The van der Waals surface area contributed by atoms with E-state index in [1.807, 2.05) is 39.0 Å². The maximum absolute atomic E-state index is 13.0. The number of hydrogen-bond donors (Lipinski definition) is 0. The summed E-state index contributed by atoms with van der Waals surface area (Å²) in [5, 5.41) is 0.0753. The lowest BCUT2D eigenvalue weighted by molar-refractivity contribution is -0.133. The lowest BCUT2D eigenvalue weighted by Gasteiger charge is -2.23. The summed E-state index contributed by atoms with van der Waals surface area (Å²) in [7, 11) is -3.59. The number of nitrogens with zero attached hydrogens (tertiary/aromatic N) is 3. The predicted octanol–water partition coefficient (Wildman–Crippen LogP) is 3.20. The Kier molecular flexibility index (Phi) is 5.69. The molecule has 1 aliphatic carbocycles. The van der Waals surface area contributed by atoms with Crippen molar-refractivity contribution in [1.29, 1.82) is 0 Å². The highest BCUT2D eigenvalue weighted by Crippen LogP contribution is 2.32. The van der Waals surface area contributed by atoms with Gasteiger partial charge in [-0.15, -0.1) is 0 Å². The second-order valence-corrected chi connectivity index (χ2v) is 9.25. The molecule has 1 aromatic carbocycles. The number of sulfone groups is 1.